The van der Waals surface area contributed by atoms with Crippen LogP contribution < -0.4 is 5.56 Å². The molecular weight excluding hydrogens is 458 g/mol. The van der Waals surface area contributed by atoms with Crippen LogP contribution in [0.1, 0.15) is 4.88 Å². The minimum atomic E-state index is -0.220. The van der Waals surface area contributed by atoms with E-state index in [-0.39, 0.29) is 18.0 Å². The summed E-state index contributed by atoms with van der Waals surface area (Å²) in [6, 6.07) is 9.25. The maximum atomic E-state index is 12.5. The lowest BCUT2D eigenvalue weighted by molar-refractivity contribution is -0.131. The number of benzene rings is 1. The van der Waals surface area contributed by atoms with Crippen molar-refractivity contribution in [2.75, 3.05) is 7.05 Å². The number of carbonyl (C=O) groups excluding carboxylic acids is 1. The fourth-order valence-corrected chi connectivity index (χ4v) is 4.17. The molecule has 0 atom stereocenters. The average molecular weight is 471 g/mol. The Morgan fingerprint density at radius 3 is 2.79 bits per heavy atom. The van der Waals surface area contributed by atoms with E-state index in [1.807, 2.05) is 18.2 Å². The number of thiophene rings is 1. The van der Waals surface area contributed by atoms with Crippen molar-refractivity contribution < 1.29 is 4.79 Å². The fourth-order valence-electron chi connectivity index (χ4n) is 2.27. The van der Waals surface area contributed by atoms with Gasteiger partial charge in [-0.05, 0) is 46.3 Å². The van der Waals surface area contributed by atoms with Crippen LogP contribution in [0.25, 0.3) is 10.9 Å². The van der Waals surface area contributed by atoms with Gasteiger partial charge in [-0.1, -0.05) is 15.9 Å². The number of amides is 1. The van der Waals surface area contributed by atoms with Gasteiger partial charge in [-0.25, -0.2) is 4.98 Å². The molecule has 0 bridgehead atoms. The quantitative estimate of drug-likeness (QED) is 0.584. The molecule has 8 heteroatoms. The molecule has 24 heavy (non-hydrogen) atoms. The molecule has 2 aromatic heterocycles. The normalized spacial score (nSPS) is 11.0. The molecule has 3 rings (SSSR count). The van der Waals surface area contributed by atoms with Gasteiger partial charge in [0.1, 0.15) is 6.54 Å². The molecule has 0 spiro atoms. The molecule has 0 fully saturated rings. The number of carbonyl (C=O) groups is 1. The zero-order chi connectivity index (χ0) is 17.3. The Bertz CT molecular complexity index is 967. The van der Waals surface area contributed by atoms with Gasteiger partial charge in [0.2, 0.25) is 5.91 Å². The summed E-state index contributed by atoms with van der Waals surface area (Å²) in [7, 11) is 1.73. The zero-order valence-electron chi connectivity index (χ0n) is 12.7. The van der Waals surface area contributed by atoms with E-state index in [0.29, 0.717) is 17.4 Å². The smallest absolute Gasteiger partial charge is 0.261 e. The van der Waals surface area contributed by atoms with E-state index in [1.165, 1.54) is 10.9 Å². The Labute approximate surface area is 159 Å². The van der Waals surface area contributed by atoms with Crippen LogP contribution in [0.15, 0.2) is 49.7 Å². The number of aromatic nitrogens is 2. The van der Waals surface area contributed by atoms with Crippen molar-refractivity contribution in [3.63, 3.8) is 0 Å². The van der Waals surface area contributed by atoms with Gasteiger partial charge in [0.05, 0.1) is 27.6 Å². The molecule has 0 aliphatic heterocycles. The van der Waals surface area contributed by atoms with Crippen LogP contribution in [0.3, 0.4) is 0 Å². The third-order valence-electron chi connectivity index (χ3n) is 3.54. The van der Waals surface area contributed by atoms with Gasteiger partial charge in [-0.2, -0.15) is 0 Å². The number of nitrogens with zero attached hydrogens (tertiary/aromatic N) is 3. The topological polar surface area (TPSA) is 55.2 Å². The summed E-state index contributed by atoms with van der Waals surface area (Å²) in [5, 5.41) is 0.490. The van der Waals surface area contributed by atoms with E-state index >= 15 is 0 Å². The molecule has 3 aromatic rings. The highest BCUT2D eigenvalue weighted by molar-refractivity contribution is 9.11. The average Bonchev–Trinajstić information content (AvgIpc) is 2.95. The largest absolute Gasteiger partial charge is 0.339 e. The maximum absolute atomic E-state index is 12.5. The lowest BCUT2D eigenvalue weighted by Crippen LogP contribution is -2.33. The predicted molar refractivity (Wildman–Crippen MR) is 102 cm³/mol. The maximum Gasteiger partial charge on any atom is 0.261 e. The summed E-state index contributed by atoms with van der Waals surface area (Å²) in [6.45, 7) is 0.480. The standard InChI is InChI=1S/C16H13Br2N3O2S/c1-20(7-11-3-5-14(18)24-11)15(22)8-21-9-19-13-4-2-10(17)6-12(13)16(21)23/h2-6,9H,7-8H2,1H3. The molecule has 1 amide bonds. The van der Waals surface area contributed by atoms with Crippen LogP contribution in [0.2, 0.25) is 0 Å². The minimum absolute atomic E-state index is 0.0304. The van der Waals surface area contributed by atoms with Crippen molar-refractivity contribution >= 4 is 60.0 Å². The van der Waals surface area contributed by atoms with Crippen LogP contribution in [0, 0.1) is 0 Å². The number of likely N-dealkylation sites (N-methyl/N-ethyl adjacent to an activating group) is 1. The van der Waals surface area contributed by atoms with Crippen LogP contribution in [-0.2, 0) is 17.9 Å². The first-order valence-corrected chi connectivity index (χ1v) is 9.47. The molecule has 0 saturated carbocycles. The van der Waals surface area contributed by atoms with Crippen molar-refractivity contribution in [3.8, 4) is 0 Å². The summed E-state index contributed by atoms with van der Waals surface area (Å²) in [5.41, 5.74) is 0.394. The zero-order valence-corrected chi connectivity index (χ0v) is 16.7. The Balaban J connectivity index is 1.80. The number of halogens is 2. The van der Waals surface area contributed by atoms with E-state index in [2.05, 4.69) is 36.8 Å². The second kappa shape index (κ2) is 7.16. The van der Waals surface area contributed by atoms with Crippen LogP contribution in [0.5, 0.6) is 0 Å². The molecule has 0 saturated heterocycles. The predicted octanol–water partition coefficient (Wildman–Crippen LogP) is 3.64. The molecular formula is C16H13Br2N3O2S. The first-order chi connectivity index (χ1) is 11.4. The molecule has 0 N–H and O–H groups in total. The third kappa shape index (κ3) is 3.76. The SMILES string of the molecule is CN(Cc1ccc(Br)s1)C(=O)Cn1cnc2ccc(Br)cc2c1=O. The van der Waals surface area contributed by atoms with Gasteiger partial charge in [0.25, 0.3) is 5.56 Å². The van der Waals surface area contributed by atoms with Gasteiger partial charge in [-0.3, -0.25) is 14.2 Å². The highest BCUT2D eigenvalue weighted by Crippen LogP contribution is 2.23. The van der Waals surface area contributed by atoms with Crippen molar-refractivity contribution in [1.82, 2.24) is 14.5 Å². The molecule has 5 nitrogen and oxygen atoms in total. The summed E-state index contributed by atoms with van der Waals surface area (Å²) in [5.74, 6) is -0.141. The van der Waals surface area contributed by atoms with Crippen molar-refractivity contribution in [3.05, 3.63) is 60.1 Å². The Kier molecular flexibility index (Phi) is 5.17. The van der Waals surface area contributed by atoms with Gasteiger partial charge in [0.15, 0.2) is 0 Å². The number of hydrogen-bond acceptors (Lipinski definition) is 4. The highest BCUT2D eigenvalue weighted by Gasteiger charge is 2.13. The summed E-state index contributed by atoms with van der Waals surface area (Å²) >= 11 is 8.34. The molecule has 0 radical (unpaired) electrons. The van der Waals surface area contributed by atoms with E-state index in [9.17, 15) is 9.59 Å². The Morgan fingerprint density at radius 1 is 1.29 bits per heavy atom. The molecule has 124 valence electrons. The minimum Gasteiger partial charge on any atom is -0.339 e. The number of rotatable bonds is 4. The van der Waals surface area contributed by atoms with Gasteiger partial charge >= 0.3 is 0 Å². The third-order valence-corrected chi connectivity index (χ3v) is 5.64. The molecule has 0 aliphatic carbocycles. The summed E-state index contributed by atoms with van der Waals surface area (Å²) < 4.78 is 3.18. The number of hydrogen-bond donors (Lipinski definition) is 0. The highest BCUT2D eigenvalue weighted by atomic mass is 79.9. The van der Waals surface area contributed by atoms with E-state index in [4.69, 9.17) is 0 Å². The molecule has 2 heterocycles. The molecule has 0 unspecified atom stereocenters. The van der Waals surface area contributed by atoms with E-state index in [1.54, 1.807) is 35.4 Å². The Morgan fingerprint density at radius 2 is 2.08 bits per heavy atom. The molecule has 1 aromatic carbocycles. The van der Waals surface area contributed by atoms with E-state index in [0.717, 1.165) is 13.1 Å². The monoisotopic (exact) mass is 469 g/mol. The van der Waals surface area contributed by atoms with Crippen molar-refractivity contribution in [2.24, 2.45) is 0 Å². The Hall–Kier alpha value is -1.51. The molecule has 0 aliphatic rings. The summed E-state index contributed by atoms with van der Waals surface area (Å²) in [6.07, 6.45) is 1.42. The van der Waals surface area contributed by atoms with Crippen LogP contribution in [-0.4, -0.2) is 27.4 Å². The van der Waals surface area contributed by atoms with Gasteiger partial charge < -0.3 is 4.90 Å². The lowest BCUT2D eigenvalue weighted by atomic mass is 10.2. The van der Waals surface area contributed by atoms with E-state index < -0.39 is 0 Å². The van der Waals surface area contributed by atoms with Crippen LogP contribution >= 0.6 is 43.2 Å². The van der Waals surface area contributed by atoms with Crippen molar-refractivity contribution in [1.29, 1.82) is 0 Å². The number of fused-ring (bicyclic) bond motifs is 1. The lowest BCUT2D eigenvalue weighted by Gasteiger charge is -2.17. The van der Waals surface area contributed by atoms with Gasteiger partial charge in [-0.15, -0.1) is 11.3 Å². The fraction of sp³-hybridized carbons (Fsp3) is 0.188. The second-order valence-electron chi connectivity index (χ2n) is 5.29. The first kappa shape index (κ1) is 17.3. The van der Waals surface area contributed by atoms with Crippen molar-refractivity contribution in [2.45, 2.75) is 13.1 Å². The first-order valence-electron chi connectivity index (χ1n) is 7.07. The van der Waals surface area contributed by atoms with Crippen LogP contribution in [0.4, 0.5) is 0 Å². The van der Waals surface area contributed by atoms with Gasteiger partial charge in [0, 0.05) is 16.4 Å². The summed E-state index contributed by atoms with van der Waals surface area (Å²) in [4.78, 5) is 31.9. The second-order valence-corrected chi connectivity index (χ2v) is 8.76.